The Bertz CT molecular complexity index is 1000. The summed E-state index contributed by atoms with van der Waals surface area (Å²) in [6.45, 7) is 0. The molecule has 3 aromatic carbocycles. The van der Waals surface area contributed by atoms with Crippen LogP contribution in [-0.2, 0) is 11.2 Å². The van der Waals surface area contributed by atoms with Crippen LogP contribution in [-0.4, -0.2) is 28.1 Å². The summed E-state index contributed by atoms with van der Waals surface area (Å²) in [5.41, 5.74) is 9.21. The van der Waals surface area contributed by atoms with Crippen molar-refractivity contribution >= 4 is 17.6 Å². The number of phenols is 1. The number of carbonyl (C=O) groups excluding carboxylic acids is 1. The second-order valence-electron chi connectivity index (χ2n) is 6.74. The first kappa shape index (κ1) is 19.9. The lowest BCUT2D eigenvalue weighted by molar-refractivity contribution is -0.139. The zero-order valence-corrected chi connectivity index (χ0v) is 15.7. The first-order chi connectivity index (χ1) is 13.9. The molecule has 29 heavy (non-hydrogen) atoms. The number of hydrogen-bond donors (Lipinski definition) is 4. The number of nitrogens with two attached hydrogens (primary N) is 1. The number of anilines is 1. The molecule has 0 aliphatic rings. The van der Waals surface area contributed by atoms with Gasteiger partial charge < -0.3 is 21.3 Å². The molecule has 0 saturated heterocycles. The van der Waals surface area contributed by atoms with Crippen LogP contribution < -0.4 is 11.1 Å². The third kappa shape index (κ3) is 5.13. The molecule has 0 fully saturated rings. The van der Waals surface area contributed by atoms with Crippen LogP contribution in [0.4, 0.5) is 5.69 Å². The summed E-state index contributed by atoms with van der Waals surface area (Å²) in [5, 5.41) is 21.5. The topological polar surface area (TPSA) is 113 Å². The van der Waals surface area contributed by atoms with Gasteiger partial charge in [-0.2, -0.15) is 0 Å². The highest BCUT2D eigenvalue weighted by Crippen LogP contribution is 2.28. The number of rotatable bonds is 7. The lowest BCUT2D eigenvalue weighted by Gasteiger charge is -2.15. The van der Waals surface area contributed by atoms with Gasteiger partial charge in [0, 0.05) is 16.8 Å². The Hall–Kier alpha value is -3.80. The van der Waals surface area contributed by atoms with E-state index in [1.807, 2.05) is 30.3 Å². The molecule has 0 bridgehead atoms. The number of phenolic OH excluding ortho intramolecular Hbond substituents is 1. The fourth-order valence-corrected chi connectivity index (χ4v) is 3.04. The fourth-order valence-electron chi connectivity index (χ4n) is 3.04. The maximum absolute atomic E-state index is 12.7. The molecule has 0 heterocycles. The minimum absolute atomic E-state index is 0.129. The maximum Gasteiger partial charge on any atom is 0.326 e. The molecule has 0 aliphatic carbocycles. The van der Waals surface area contributed by atoms with E-state index in [0.29, 0.717) is 23.2 Å². The molecule has 5 N–H and O–H groups in total. The number of amides is 1. The second kappa shape index (κ2) is 8.93. The highest BCUT2D eigenvalue weighted by molar-refractivity contribution is 5.98. The fraction of sp³-hybridized carbons (Fsp3) is 0.130. The number of aliphatic carboxylic acids is 1. The Kier molecular flexibility index (Phi) is 6.14. The van der Waals surface area contributed by atoms with Crippen molar-refractivity contribution in [2.24, 2.45) is 0 Å². The van der Waals surface area contributed by atoms with Crippen LogP contribution in [0.2, 0.25) is 0 Å². The number of hydrogen-bond acceptors (Lipinski definition) is 4. The van der Waals surface area contributed by atoms with Crippen molar-refractivity contribution < 1.29 is 19.8 Å². The Labute approximate surface area is 168 Å². The summed E-state index contributed by atoms with van der Waals surface area (Å²) in [6.07, 6.45) is 0.823. The molecular formula is C23H22N2O4. The van der Waals surface area contributed by atoms with Crippen LogP contribution in [0.15, 0.2) is 72.8 Å². The summed E-state index contributed by atoms with van der Waals surface area (Å²) >= 11 is 0. The van der Waals surface area contributed by atoms with E-state index in [-0.39, 0.29) is 12.2 Å². The monoisotopic (exact) mass is 390 g/mol. The average molecular weight is 390 g/mol. The van der Waals surface area contributed by atoms with Gasteiger partial charge in [-0.3, -0.25) is 4.79 Å². The Morgan fingerprint density at radius 2 is 1.66 bits per heavy atom. The van der Waals surface area contributed by atoms with E-state index in [0.717, 1.165) is 11.1 Å². The molecule has 3 rings (SSSR count). The van der Waals surface area contributed by atoms with Crippen molar-refractivity contribution in [3.05, 3.63) is 83.9 Å². The summed E-state index contributed by atoms with van der Waals surface area (Å²) in [5.74, 6) is -1.43. The molecule has 6 heteroatoms. The minimum Gasteiger partial charge on any atom is -0.508 e. The molecule has 148 valence electrons. The third-order valence-electron chi connectivity index (χ3n) is 4.66. The van der Waals surface area contributed by atoms with Crippen molar-refractivity contribution in [3.63, 3.8) is 0 Å². The Balaban J connectivity index is 1.75. The Morgan fingerprint density at radius 1 is 0.966 bits per heavy atom. The van der Waals surface area contributed by atoms with E-state index in [1.165, 1.54) is 12.1 Å². The van der Waals surface area contributed by atoms with E-state index in [9.17, 15) is 19.8 Å². The van der Waals surface area contributed by atoms with Gasteiger partial charge >= 0.3 is 5.97 Å². The molecule has 1 amide bonds. The van der Waals surface area contributed by atoms with Gasteiger partial charge in [0.15, 0.2) is 0 Å². The lowest BCUT2D eigenvalue weighted by atomic mass is 10.00. The van der Waals surface area contributed by atoms with Crippen LogP contribution in [0.25, 0.3) is 11.1 Å². The molecule has 0 aromatic heterocycles. The number of nitrogens with one attached hydrogen (secondary N) is 1. The van der Waals surface area contributed by atoms with Crippen LogP contribution >= 0.6 is 0 Å². The smallest absolute Gasteiger partial charge is 0.326 e. The highest BCUT2D eigenvalue weighted by Gasteiger charge is 2.21. The van der Waals surface area contributed by atoms with E-state index in [2.05, 4.69) is 5.32 Å². The molecule has 0 spiro atoms. The minimum atomic E-state index is -1.08. The number of aromatic hydroxyl groups is 1. The van der Waals surface area contributed by atoms with E-state index < -0.39 is 17.9 Å². The number of carbonyl (C=O) groups is 2. The quantitative estimate of drug-likeness (QED) is 0.462. The first-order valence-corrected chi connectivity index (χ1v) is 9.20. The van der Waals surface area contributed by atoms with Crippen LogP contribution in [0.3, 0.4) is 0 Å². The molecule has 1 unspecified atom stereocenters. The van der Waals surface area contributed by atoms with Gasteiger partial charge in [-0.25, -0.2) is 4.79 Å². The predicted octanol–water partition coefficient (Wildman–Crippen LogP) is 3.46. The summed E-state index contributed by atoms with van der Waals surface area (Å²) in [4.78, 5) is 24.3. The van der Waals surface area contributed by atoms with E-state index >= 15 is 0 Å². The van der Waals surface area contributed by atoms with Crippen molar-refractivity contribution in [3.8, 4) is 16.9 Å². The summed E-state index contributed by atoms with van der Waals surface area (Å²) < 4.78 is 0. The maximum atomic E-state index is 12.7. The number of carboxylic acids is 1. The molecule has 3 aromatic rings. The average Bonchev–Trinajstić information content (AvgIpc) is 2.72. The van der Waals surface area contributed by atoms with Crippen molar-refractivity contribution in [1.29, 1.82) is 0 Å². The van der Waals surface area contributed by atoms with Gasteiger partial charge in [0.05, 0.1) is 0 Å². The zero-order chi connectivity index (χ0) is 20.8. The Morgan fingerprint density at radius 3 is 2.31 bits per heavy atom. The predicted molar refractivity (Wildman–Crippen MR) is 112 cm³/mol. The summed E-state index contributed by atoms with van der Waals surface area (Å²) in [7, 11) is 0. The van der Waals surface area contributed by atoms with Gasteiger partial charge in [-0.05, 0) is 54.3 Å². The standard InChI is InChI=1S/C23H22N2O4/c24-20-12-9-17(14-19(20)16-7-10-18(26)11-8-16)22(27)25-21(23(28)29)13-6-15-4-2-1-3-5-15/h1-5,7-12,14,21,26H,6,13,24H2,(H,25,27)(H,28,29). The molecule has 0 aliphatic heterocycles. The van der Waals surface area contributed by atoms with Gasteiger partial charge in [0.1, 0.15) is 11.8 Å². The molecular weight excluding hydrogens is 368 g/mol. The largest absolute Gasteiger partial charge is 0.508 e. The summed E-state index contributed by atoms with van der Waals surface area (Å²) in [6, 6.07) is 19.8. The number of aryl methyl sites for hydroxylation is 1. The lowest BCUT2D eigenvalue weighted by Crippen LogP contribution is -2.41. The zero-order valence-electron chi connectivity index (χ0n) is 15.7. The number of nitrogen functional groups attached to an aromatic ring is 1. The van der Waals surface area contributed by atoms with Crippen molar-refractivity contribution in [2.75, 3.05) is 5.73 Å². The molecule has 6 nitrogen and oxygen atoms in total. The third-order valence-corrected chi connectivity index (χ3v) is 4.66. The number of benzene rings is 3. The molecule has 0 saturated carbocycles. The van der Waals surface area contributed by atoms with Crippen LogP contribution in [0, 0.1) is 0 Å². The molecule has 0 radical (unpaired) electrons. The van der Waals surface area contributed by atoms with E-state index in [4.69, 9.17) is 5.73 Å². The molecule has 1 atom stereocenters. The van der Waals surface area contributed by atoms with Gasteiger partial charge in [0.2, 0.25) is 0 Å². The van der Waals surface area contributed by atoms with E-state index in [1.54, 1.807) is 30.3 Å². The van der Waals surface area contributed by atoms with Crippen molar-refractivity contribution in [1.82, 2.24) is 5.32 Å². The van der Waals surface area contributed by atoms with Crippen molar-refractivity contribution in [2.45, 2.75) is 18.9 Å². The van der Waals surface area contributed by atoms with Gasteiger partial charge in [-0.15, -0.1) is 0 Å². The van der Waals surface area contributed by atoms with Crippen LogP contribution in [0.5, 0.6) is 5.75 Å². The highest BCUT2D eigenvalue weighted by atomic mass is 16.4. The van der Waals surface area contributed by atoms with Gasteiger partial charge in [-0.1, -0.05) is 42.5 Å². The van der Waals surface area contributed by atoms with Crippen LogP contribution in [0.1, 0.15) is 22.3 Å². The SMILES string of the molecule is Nc1ccc(C(=O)NC(CCc2ccccc2)C(=O)O)cc1-c1ccc(O)cc1. The van der Waals surface area contributed by atoms with Gasteiger partial charge in [0.25, 0.3) is 5.91 Å². The second-order valence-corrected chi connectivity index (χ2v) is 6.74. The normalized spacial score (nSPS) is 11.6. The first-order valence-electron chi connectivity index (χ1n) is 9.20. The number of carboxylic acid groups (broad SMARTS) is 1.